The lowest BCUT2D eigenvalue weighted by Crippen LogP contribution is -2.36. The summed E-state index contributed by atoms with van der Waals surface area (Å²) in [5.41, 5.74) is 2.15. The fourth-order valence-electron chi connectivity index (χ4n) is 1.88. The Kier molecular flexibility index (Phi) is 4.46. The quantitative estimate of drug-likeness (QED) is 0.595. The van der Waals surface area contributed by atoms with Gasteiger partial charge in [0.15, 0.2) is 31.3 Å². The molecule has 0 saturated heterocycles. The Balaban J connectivity index is 2.10. The first-order valence-corrected chi connectivity index (χ1v) is 7.98. The predicted octanol–water partition coefficient (Wildman–Crippen LogP) is 0.494. The van der Waals surface area contributed by atoms with E-state index in [-0.39, 0.29) is 6.54 Å². The minimum absolute atomic E-state index is 0.177. The Hall–Kier alpha value is -1.79. The van der Waals surface area contributed by atoms with Gasteiger partial charge < -0.3 is 4.55 Å². The average Bonchev–Trinajstić information content (AvgIpc) is 2.45. The lowest BCUT2D eigenvalue weighted by atomic mass is 10.1. The summed E-state index contributed by atoms with van der Waals surface area (Å²) in [5, 5.41) is 0. The van der Waals surface area contributed by atoms with E-state index in [1.54, 1.807) is 17.0 Å². The minimum Gasteiger partial charge on any atom is -0.748 e. The summed E-state index contributed by atoms with van der Waals surface area (Å²) in [6.45, 7) is 3.19. The van der Waals surface area contributed by atoms with Crippen LogP contribution in [-0.2, 0) is 23.2 Å². The average molecular weight is 293 g/mol. The number of hydrogen-bond acceptors (Lipinski definition) is 3. The molecule has 0 N–H and O–H groups in total. The number of aromatic nitrogens is 2. The Morgan fingerprint density at radius 1 is 0.950 bits per heavy atom. The Morgan fingerprint density at radius 2 is 1.40 bits per heavy atom. The van der Waals surface area contributed by atoms with Crippen LogP contribution >= 0.6 is 0 Å². The molecule has 0 atom stereocenters. The van der Waals surface area contributed by atoms with Crippen LogP contribution in [0.4, 0.5) is 0 Å². The first-order valence-electron chi connectivity index (χ1n) is 6.40. The van der Waals surface area contributed by atoms with Crippen LogP contribution in [-0.4, -0.2) is 18.7 Å². The third kappa shape index (κ3) is 4.11. The molecule has 0 amide bonds. The fourth-order valence-corrected chi connectivity index (χ4v) is 2.31. The first kappa shape index (κ1) is 14.6. The summed E-state index contributed by atoms with van der Waals surface area (Å²) in [7, 11) is -4.17. The smallest absolute Gasteiger partial charge is 0.169 e. The molecule has 0 spiro atoms. The molecule has 2 heterocycles. The summed E-state index contributed by atoms with van der Waals surface area (Å²) >= 11 is 0. The van der Waals surface area contributed by atoms with Crippen LogP contribution in [0.1, 0.15) is 6.92 Å². The van der Waals surface area contributed by atoms with E-state index in [9.17, 15) is 13.0 Å². The van der Waals surface area contributed by atoms with E-state index in [1.807, 2.05) is 36.7 Å². The van der Waals surface area contributed by atoms with Gasteiger partial charge in [-0.05, 0) is 18.1 Å². The van der Waals surface area contributed by atoms with Gasteiger partial charge >= 0.3 is 0 Å². The van der Waals surface area contributed by atoms with Gasteiger partial charge in [0.1, 0.15) is 16.7 Å². The summed E-state index contributed by atoms with van der Waals surface area (Å²) in [6, 6.07) is 7.88. The lowest BCUT2D eigenvalue weighted by molar-refractivity contribution is -0.693. The van der Waals surface area contributed by atoms with Crippen LogP contribution in [0.25, 0.3) is 11.1 Å². The molecule has 0 aliphatic rings. The van der Waals surface area contributed by atoms with Gasteiger partial charge in [-0.1, -0.05) is 0 Å². The molecule has 20 heavy (non-hydrogen) atoms. The van der Waals surface area contributed by atoms with Crippen molar-refractivity contribution in [2.24, 2.45) is 0 Å². The summed E-state index contributed by atoms with van der Waals surface area (Å²) < 4.78 is 35.5. The standard InChI is InChI=1S/C14H17N2O3S/c1-2-15-7-3-13(4-8-15)14-5-9-16(10-6-14)11-12-20(17,18)19/h3-10H,2,11-12H2,1H3/q+1. The van der Waals surface area contributed by atoms with Crippen molar-refractivity contribution in [3.63, 3.8) is 0 Å². The van der Waals surface area contributed by atoms with Crippen LogP contribution < -0.4 is 9.13 Å². The third-order valence-electron chi connectivity index (χ3n) is 3.08. The minimum atomic E-state index is -4.17. The van der Waals surface area contributed by atoms with Gasteiger partial charge in [-0.2, -0.15) is 0 Å². The number of aryl methyl sites for hydroxylation is 2. The van der Waals surface area contributed by atoms with Crippen LogP contribution in [0, 0.1) is 0 Å². The van der Waals surface area contributed by atoms with Gasteiger partial charge in [0.05, 0.1) is 5.75 Å². The zero-order chi connectivity index (χ0) is 14.6. The van der Waals surface area contributed by atoms with Crippen LogP contribution in [0.15, 0.2) is 49.1 Å². The fraction of sp³-hybridized carbons (Fsp3) is 0.286. The molecule has 2 aromatic heterocycles. The van der Waals surface area contributed by atoms with Gasteiger partial charge in [-0.25, -0.2) is 17.6 Å². The second-order valence-corrected chi connectivity index (χ2v) is 6.03. The number of rotatable bonds is 5. The molecule has 0 aliphatic heterocycles. The van der Waals surface area contributed by atoms with Crippen LogP contribution in [0.2, 0.25) is 0 Å². The molecule has 2 aromatic rings. The highest BCUT2D eigenvalue weighted by Gasteiger charge is 2.06. The molecule has 0 aliphatic carbocycles. The van der Waals surface area contributed by atoms with Gasteiger partial charge in [-0.15, -0.1) is 0 Å². The highest BCUT2D eigenvalue weighted by atomic mass is 32.2. The maximum Gasteiger partial charge on any atom is 0.169 e. The molecule has 0 radical (unpaired) electrons. The number of nitrogens with zero attached hydrogens (tertiary/aromatic N) is 2. The van der Waals surface area contributed by atoms with E-state index in [2.05, 4.69) is 11.5 Å². The molecule has 5 nitrogen and oxygen atoms in total. The van der Waals surface area contributed by atoms with Gasteiger partial charge in [-0.3, -0.25) is 0 Å². The van der Waals surface area contributed by atoms with Gasteiger partial charge in [0.2, 0.25) is 0 Å². The molecule has 0 aromatic carbocycles. The molecule has 0 bridgehead atoms. The SMILES string of the molecule is CC[n+]1ccc(-c2cc[n+](CCS(=O)(=O)[O-])cc2)cc1. The van der Waals surface area contributed by atoms with Crippen molar-refractivity contribution >= 4 is 10.1 Å². The maximum atomic E-state index is 10.6. The third-order valence-corrected chi connectivity index (χ3v) is 3.76. The summed E-state index contributed by atoms with van der Waals surface area (Å²) in [5.74, 6) is -0.390. The van der Waals surface area contributed by atoms with Crippen molar-refractivity contribution in [1.29, 1.82) is 0 Å². The van der Waals surface area contributed by atoms with Gasteiger partial charge in [0, 0.05) is 24.3 Å². The second kappa shape index (κ2) is 6.11. The molecular weight excluding hydrogens is 276 g/mol. The zero-order valence-electron chi connectivity index (χ0n) is 11.3. The van der Waals surface area contributed by atoms with E-state index in [0.717, 1.165) is 17.7 Å². The molecule has 0 fully saturated rings. The topological polar surface area (TPSA) is 65.0 Å². The lowest BCUT2D eigenvalue weighted by Gasteiger charge is -2.04. The van der Waals surface area contributed by atoms with Crippen molar-refractivity contribution in [2.45, 2.75) is 20.0 Å². The Bertz CT molecular complexity index is 665. The second-order valence-electron chi connectivity index (χ2n) is 4.50. The Morgan fingerprint density at radius 3 is 1.80 bits per heavy atom. The molecule has 0 unspecified atom stereocenters. The van der Waals surface area contributed by atoms with Crippen LogP contribution in [0.3, 0.4) is 0 Å². The highest BCUT2D eigenvalue weighted by Crippen LogP contribution is 2.15. The van der Waals surface area contributed by atoms with E-state index in [1.165, 1.54) is 0 Å². The van der Waals surface area contributed by atoms with Crippen molar-refractivity contribution in [2.75, 3.05) is 5.75 Å². The van der Waals surface area contributed by atoms with Gasteiger partial charge in [0.25, 0.3) is 0 Å². The van der Waals surface area contributed by atoms with E-state index >= 15 is 0 Å². The van der Waals surface area contributed by atoms with Crippen molar-refractivity contribution in [1.82, 2.24) is 0 Å². The van der Waals surface area contributed by atoms with E-state index < -0.39 is 15.9 Å². The van der Waals surface area contributed by atoms with E-state index in [4.69, 9.17) is 0 Å². The molecular formula is C14H17N2O3S+. The summed E-state index contributed by atoms with van der Waals surface area (Å²) in [4.78, 5) is 0. The largest absolute Gasteiger partial charge is 0.748 e. The van der Waals surface area contributed by atoms with Crippen molar-refractivity contribution in [3.05, 3.63) is 49.1 Å². The molecule has 6 heteroatoms. The van der Waals surface area contributed by atoms with Crippen LogP contribution in [0.5, 0.6) is 0 Å². The van der Waals surface area contributed by atoms with Crippen molar-refractivity contribution in [3.8, 4) is 11.1 Å². The normalized spacial score (nSPS) is 11.5. The first-order chi connectivity index (χ1) is 9.48. The predicted molar refractivity (Wildman–Crippen MR) is 72.5 cm³/mol. The van der Waals surface area contributed by atoms with Crippen molar-refractivity contribution < 1.29 is 22.1 Å². The molecule has 0 saturated carbocycles. The molecule has 106 valence electrons. The highest BCUT2D eigenvalue weighted by molar-refractivity contribution is 7.85. The zero-order valence-corrected chi connectivity index (χ0v) is 12.1. The number of pyridine rings is 2. The monoisotopic (exact) mass is 293 g/mol. The summed E-state index contributed by atoms with van der Waals surface area (Å²) in [6.07, 6.45) is 7.59. The molecule has 2 rings (SSSR count). The Labute approximate surface area is 118 Å². The maximum absolute atomic E-state index is 10.6. The number of hydrogen-bond donors (Lipinski definition) is 0. The van der Waals surface area contributed by atoms with E-state index in [0.29, 0.717) is 0 Å².